The largest absolute Gasteiger partial charge is 0.338 e. The number of likely N-dealkylation sites (tertiary alicyclic amines) is 1. The van der Waals surface area contributed by atoms with E-state index in [0.29, 0.717) is 41.7 Å². The van der Waals surface area contributed by atoms with Gasteiger partial charge in [-0.15, -0.1) is 5.10 Å². The predicted molar refractivity (Wildman–Crippen MR) is 121 cm³/mol. The number of hydrogen-bond donors (Lipinski definition) is 1. The molecule has 1 aliphatic heterocycles. The first-order valence-corrected chi connectivity index (χ1v) is 10.9. The second kappa shape index (κ2) is 8.55. The molecule has 0 saturated carbocycles. The Bertz CT molecular complexity index is 1330. The van der Waals surface area contributed by atoms with Gasteiger partial charge in [-0.25, -0.2) is 9.67 Å². The summed E-state index contributed by atoms with van der Waals surface area (Å²) >= 11 is 6.29. The van der Waals surface area contributed by atoms with E-state index in [1.54, 1.807) is 4.68 Å². The lowest BCUT2D eigenvalue weighted by Gasteiger charge is -2.32. The molecule has 1 atom stereocenters. The Labute approximate surface area is 188 Å². The van der Waals surface area contributed by atoms with Crippen LogP contribution >= 0.6 is 11.6 Å². The molecule has 32 heavy (non-hydrogen) atoms. The van der Waals surface area contributed by atoms with Gasteiger partial charge < -0.3 is 9.88 Å². The van der Waals surface area contributed by atoms with Crippen LogP contribution in [-0.2, 0) is 6.54 Å². The molecule has 1 N–H and O–H groups in total. The van der Waals surface area contributed by atoms with Crippen LogP contribution in [0.25, 0.3) is 11.2 Å². The van der Waals surface area contributed by atoms with Crippen molar-refractivity contribution in [2.24, 2.45) is 0 Å². The number of fused-ring (bicyclic) bond motifs is 1. The van der Waals surface area contributed by atoms with Crippen molar-refractivity contribution in [2.45, 2.75) is 25.3 Å². The number of piperidine rings is 1. The fourth-order valence-electron chi connectivity index (χ4n) is 4.12. The first-order valence-electron chi connectivity index (χ1n) is 10.5. The monoisotopic (exact) mass is 448 g/mol. The highest BCUT2D eigenvalue weighted by atomic mass is 35.5. The molecule has 3 heterocycles. The number of amides is 1. The molecule has 162 valence electrons. The summed E-state index contributed by atoms with van der Waals surface area (Å²) in [6.45, 7) is 1.53. The Morgan fingerprint density at radius 2 is 1.91 bits per heavy atom. The number of nitrogens with one attached hydrogen (secondary N) is 1. The van der Waals surface area contributed by atoms with Crippen LogP contribution in [0, 0.1) is 0 Å². The average molecular weight is 449 g/mol. The van der Waals surface area contributed by atoms with Gasteiger partial charge in [0.25, 0.3) is 11.5 Å². The van der Waals surface area contributed by atoms with E-state index in [9.17, 15) is 9.59 Å². The quantitative estimate of drug-likeness (QED) is 0.517. The van der Waals surface area contributed by atoms with Gasteiger partial charge >= 0.3 is 0 Å². The van der Waals surface area contributed by atoms with Gasteiger partial charge in [0, 0.05) is 29.6 Å². The molecule has 5 rings (SSSR count). The molecule has 4 aromatic rings. The first kappa shape index (κ1) is 20.4. The molecule has 9 heteroatoms. The Kier molecular flexibility index (Phi) is 5.45. The SMILES string of the molecule is O=C(c1ccccc1)N1CCC[C@H](c2nc3c(nnn3Cc3ccccc3Cl)c(=O)[nH]2)C1. The van der Waals surface area contributed by atoms with Crippen molar-refractivity contribution in [2.75, 3.05) is 13.1 Å². The fraction of sp³-hybridized carbons (Fsp3) is 0.261. The zero-order chi connectivity index (χ0) is 22.1. The van der Waals surface area contributed by atoms with Crippen molar-refractivity contribution in [1.82, 2.24) is 29.9 Å². The molecule has 1 aliphatic rings. The highest BCUT2D eigenvalue weighted by Gasteiger charge is 2.28. The van der Waals surface area contributed by atoms with Crippen molar-refractivity contribution >= 4 is 28.7 Å². The van der Waals surface area contributed by atoms with E-state index >= 15 is 0 Å². The van der Waals surface area contributed by atoms with Crippen LogP contribution < -0.4 is 5.56 Å². The van der Waals surface area contributed by atoms with E-state index in [1.807, 2.05) is 59.5 Å². The van der Waals surface area contributed by atoms with Crippen LogP contribution in [0.5, 0.6) is 0 Å². The number of carbonyl (C=O) groups excluding carboxylic acids is 1. The first-order chi connectivity index (χ1) is 15.6. The number of aromatic amines is 1. The lowest BCUT2D eigenvalue weighted by Crippen LogP contribution is -2.39. The molecule has 2 aromatic carbocycles. The number of halogens is 1. The fourth-order valence-corrected chi connectivity index (χ4v) is 4.31. The van der Waals surface area contributed by atoms with Crippen molar-refractivity contribution in [3.63, 3.8) is 0 Å². The lowest BCUT2D eigenvalue weighted by atomic mass is 9.96. The van der Waals surface area contributed by atoms with Gasteiger partial charge in [0.1, 0.15) is 5.82 Å². The summed E-state index contributed by atoms with van der Waals surface area (Å²) in [5.41, 5.74) is 1.79. The number of aromatic nitrogens is 5. The number of carbonyl (C=O) groups is 1. The summed E-state index contributed by atoms with van der Waals surface area (Å²) in [5.74, 6) is 0.470. The highest BCUT2D eigenvalue weighted by Crippen LogP contribution is 2.26. The van der Waals surface area contributed by atoms with Crippen molar-refractivity contribution < 1.29 is 4.79 Å². The topological polar surface area (TPSA) is 96.8 Å². The van der Waals surface area contributed by atoms with Crippen LogP contribution in [0.2, 0.25) is 5.02 Å². The van der Waals surface area contributed by atoms with E-state index in [2.05, 4.69) is 15.3 Å². The van der Waals surface area contributed by atoms with Gasteiger partial charge in [-0.2, -0.15) is 0 Å². The van der Waals surface area contributed by atoms with Gasteiger partial charge in [0.2, 0.25) is 0 Å². The summed E-state index contributed by atoms with van der Waals surface area (Å²) < 4.78 is 1.59. The summed E-state index contributed by atoms with van der Waals surface area (Å²) in [6.07, 6.45) is 1.67. The Morgan fingerprint density at radius 3 is 2.72 bits per heavy atom. The number of H-pyrrole nitrogens is 1. The minimum absolute atomic E-state index is 0.0100. The maximum atomic E-state index is 12.9. The molecule has 2 aromatic heterocycles. The highest BCUT2D eigenvalue weighted by molar-refractivity contribution is 6.31. The normalized spacial score (nSPS) is 16.4. The maximum Gasteiger partial charge on any atom is 0.281 e. The van der Waals surface area contributed by atoms with Crippen LogP contribution in [0.15, 0.2) is 59.4 Å². The van der Waals surface area contributed by atoms with Crippen LogP contribution in [0.1, 0.15) is 40.5 Å². The smallest absolute Gasteiger partial charge is 0.281 e. The molecular formula is C23H21ClN6O2. The molecular weight excluding hydrogens is 428 g/mol. The Hall–Kier alpha value is -3.52. The van der Waals surface area contributed by atoms with E-state index in [1.165, 1.54) is 0 Å². The van der Waals surface area contributed by atoms with Gasteiger partial charge in [-0.1, -0.05) is 53.2 Å². The van der Waals surface area contributed by atoms with Gasteiger partial charge in [-0.3, -0.25) is 9.59 Å². The minimum atomic E-state index is -0.332. The van der Waals surface area contributed by atoms with Gasteiger partial charge in [0.15, 0.2) is 11.2 Å². The number of benzene rings is 2. The second-order valence-electron chi connectivity index (χ2n) is 7.92. The summed E-state index contributed by atoms with van der Waals surface area (Å²) in [6, 6.07) is 16.7. The summed E-state index contributed by atoms with van der Waals surface area (Å²) in [4.78, 5) is 35.0. The van der Waals surface area contributed by atoms with Crippen molar-refractivity contribution in [3.05, 3.63) is 86.9 Å². The van der Waals surface area contributed by atoms with Gasteiger partial charge in [0.05, 0.1) is 6.54 Å². The summed E-state index contributed by atoms with van der Waals surface area (Å²) in [7, 11) is 0. The molecule has 0 radical (unpaired) electrons. The minimum Gasteiger partial charge on any atom is -0.338 e. The third kappa shape index (κ3) is 3.89. The number of hydrogen-bond acceptors (Lipinski definition) is 5. The zero-order valence-corrected chi connectivity index (χ0v) is 18.0. The van der Waals surface area contributed by atoms with Gasteiger partial charge in [-0.05, 0) is 36.6 Å². The van der Waals surface area contributed by atoms with Crippen molar-refractivity contribution in [1.29, 1.82) is 0 Å². The van der Waals surface area contributed by atoms with E-state index in [-0.39, 0.29) is 22.9 Å². The molecule has 8 nitrogen and oxygen atoms in total. The molecule has 0 bridgehead atoms. The van der Waals surface area contributed by atoms with E-state index in [4.69, 9.17) is 16.6 Å². The van der Waals surface area contributed by atoms with Crippen molar-refractivity contribution in [3.8, 4) is 0 Å². The van der Waals surface area contributed by atoms with Crippen LogP contribution in [0.3, 0.4) is 0 Å². The molecule has 1 fully saturated rings. The molecule has 0 unspecified atom stereocenters. The lowest BCUT2D eigenvalue weighted by molar-refractivity contribution is 0.0704. The predicted octanol–water partition coefficient (Wildman–Crippen LogP) is 3.24. The third-order valence-electron chi connectivity index (χ3n) is 5.79. The molecule has 0 spiro atoms. The van der Waals surface area contributed by atoms with E-state index < -0.39 is 0 Å². The molecule has 0 aliphatic carbocycles. The Balaban J connectivity index is 1.44. The maximum absolute atomic E-state index is 12.9. The second-order valence-corrected chi connectivity index (χ2v) is 8.33. The van der Waals surface area contributed by atoms with Crippen LogP contribution in [0.4, 0.5) is 0 Å². The Morgan fingerprint density at radius 1 is 1.12 bits per heavy atom. The van der Waals surface area contributed by atoms with Crippen LogP contribution in [-0.4, -0.2) is 48.9 Å². The zero-order valence-electron chi connectivity index (χ0n) is 17.2. The molecule has 1 amide bonds. The standard InChI is InChI=1S/C23H21ClN6O2/c24-18-11-5-4-9-16(18)14-30-21-19(27-28-30)22(31)26-20(25-21)17-10-6-12-29(13-17)23(32)15-7-2-1-3-8-15/h1-5,7-9,11,17H,6,10,12-14H2,(H,25,26,31)/t17-/m0/s1. The average Bonchev–Trinajstić information content (AvgIpc) is 3.24. The summed E-state index contributed by atoms with van der Waals surface area (Å²) in [5, 5.41) is 8.75. The molecule has 1 saturated heterocycles. The number of nitrogens with zero attached hydrogens (tertiary/aromatic N) is 5. The van der Waals surface area contributed by atoms with E-state index in [0.717, 1.165) is 18.4 Å². The third-order valence-corrected chi connectivity index (χ3v) is 6.15. The number of rotatable bonds is 4.